The molecule has 0 amide bonds. The smallest absolute Gasteiger partial charge is 0.359 e. The minimum atomic E-state index is -0.574. The molecule has 0 bridgehead atoms. The van der Waals surface area contributed by atoms with Gasteiger partial charge in [-0.2, -0.15) is 5.10 Å². The van der Waals surface area contributed by atoms with Crippen LogP contribution in [-0.4, -0.2) is 44.5 Å². The highest BCUT2D eigenvalue weighted by Gasteiger charge is 2.24. The van der Waals surface area contributed by atoms with Crippen molar-refractivity contribution in [2.24, 2.45) is 7.05 Å². The summed E-state index contributed by atoms with van der Waals surface area (Å²) in [5.41, 5.74) is 0.682. The number of fused-ring (bicyclic) bond motifs is 1. The summed E-state index contributed by atoms with van der Waals surface area (Å²) in [6.45, 7) is 4.20. The average Bonchev–Trinajstić information content (AvgIpc) is 3.20. The molecule has 37 heavy (non-hydrogen) atoms. The van der Waals surface area contributed by atoms with Crippen molar-refractivity contribution in [3.05, 3.63) is 17.8 Å². The number of rotatable bonds is 19. The van der Waals surface area contributed by atoms with Gasteiger partial charge in [-0.05, 0) is 45.3 Å². The molecule has 0 aliphatic heterocycles. The summed E-state index contributed by atoms with van der Waals surface area (Å²) in [6, 6.07) is 0. The van der Waals surface area contributed by atoms with Gasteiger partial charge in [-0.1, -0.05) is 82.2 Å². The summed E-state index contributed by atoms with van der Waals surface area (Å²) in [4.78, 5) is 33.5. The van der Waals surface area contributed by atoms with Crippen molar-refractivity contribution in [2.75, 3.05) is 12.9 Å². The Bertz CT molecular complexity index is 1010. The summed E-state index contributed by atoms with van der Waals surface area (Å²) < 4.78 is 12.1. The van der Waals surface area contributed by atoms with Crippen LogP contribution in [0.4, 0.5) is 0 Å². The molecule has 2 rings (SSSR count). The van der Waals surface area contributed by atoms with Gasteiger partial charge in [0.25, 0.3) is 0 Å². The quantitative estimate of drug-likeness (QED) is 0.0616. The minimum absolute atomic E-state index is 0.0764. The molecule has 0 atom stereocenters. The summed E-state index contributed by atoms with van der Waals surface area (Å²) in [5.74, 6) is -0.679. The summed E-state index contributed by atoms with van der Waals surface area (Å²) in [5, 5.41) is 4.71. The number of hydrogen-bond donors (Lipinski definition) is 0. The number of aromatic nitrogens is 4. The number of ether oxygens (including phenoxy) is 2. The topological polar surface area (TPSA) is 96.2 Å². The maximum atomic E-state index is 12.5. The summed E-state index contributed by atoms with van der Waals surface area (Å²) in [6.07, 6.45) is 22.5. The molecule has 0 saturated carbocycles. The van der Waals surface area contributed by atoms with E-state index in [1.165, 1.54) is 80.7 Å². The number of unbranched alkanes of at least 4 members (excludes halogenated alkanes) is 11. The van der Waals surface area contributed by atoms with Crippen molar-refractivity contribution in [3.8, 4) is 5.88 Å². The third-order valence-corrected chi connectivity index (χ3v) is 6.66. The molecule has 9 heteroatoms. The van der Waals surface area contributed by atoms with Crippen molar-refractivity contribution in [1.29, 1.82) is 0 Å². The molecule has 0 aliphatic carbocycles. The first-order valence-electron chi connectivity index (χ1n) is 13.8. The van der Waals surface area contributed by atoms with E-state index in [0.29, 0.717) is 17.1 Å². The second kappa shape index (κ2) is 17.9. The van der Waals surface area contributed by atoms with Crippen LogP contribution in [0.15, 0.2) is 17.3 Å². The predicted molar refractivity (Wildman–Crippen MR) is 149 cm³/mol. The van der Waals surface area contributed by atoms with Gasteiger partial charge in [-0.15, -0.1) is 0 Å². The Kier molecular flexibility index (Phi) is 14.9. The highest BCUT2D eigenvalue weighted by Crippen LogP contribution is 2.28. The second-order valence-electron chi connectivity index (χ2n) is 9.21. The molecule has 0 spiro atoms. The van der Waals surface area contributed by atoms with Crippen molar-refractivity contribution in [2.45, 2.75) is 109 Å². The number of aryl methyl sites for hydroxylation is 1. The first-order chi connectivity index (χ1) is 18.0. The Hall–Kier alpha value is -2.42. The third kappa shape index (κ3) is 10.8. The molecule has 0 N–H and O–H groups in total. The van der Waals surface area contributed by atoms with E-state index >= 15 is 0 Å². The number of thioether (sulfide) groups is 1. The number of carbonyl (C=O) groups excluding carboxylic acids is 2. The van der Waals surface area contributed by atoms with Gasteiger partial charge in [0.05, 0.1) is 6.61 Å². The fourth-order valence-electron chi connectivity index (χ4n) is 4.07. The van der Waals surface area contributed by atoms with E-state index < -0.39 is 5.97 Å². The zero-order chi connectivity index (χ0) is 26.9. The Morgan fingerprint density at radius 3 is 2.11 bits per heavy atom. The van der Waals surface area contributed by atoms with Gasteiger partial charge in [0, 0.05) is 13.5 Å². The molecule has 0 radical (unpaired) electrons. The summed E-state index contributed by atoms with van der Waals surface area (Å²) in [7, 11) is 1.65. The van der Waals surface area contributed by atoms with E-state index in [-0.39, 0.29) is 29.7 Å². The van der Waals surface area contributed by atoms with Gasteiger partial charge in [0.2, 0.25) is 5.88 Å². The monoisotopic (exact) mass is 532 g/mol. The van der Waals surface area contributed by atoms with E-state index in [9.17, 15) is 9.59 Å². The predicted octanol–water partition coefficient (Wildman–Crippen LogP) is 7.20. The fraction of sp³-hybridized carbons (Fsp3) is 0.679. The van der Waals surface area contributed by atoms with E-state index in [1.807, 2.05) is 6.26 Å². The first kappa shape index (κ1) is 30.8. The van der Waals surface area contributed by atoms with Crippen LogP contribution in [0.2, 0.25) is 0 Å². The normalized spacial score (nSPS) is 11.5. The van der Waals surface area contributed by atoms with Crippen LogP contribution in [0, 0.1) is 0 Å². The van der Waals surface area contributed by atoms with Crippen molar-refractivity contribution in [3.63, 3.8) is 0 Å². The van der Waals surface area contributed by atoms with Crippen LogP contribution in [-0.2, 0) is 16.6 Å². The SMILES string of the molecule is CCCCCCC=CCCCCCCCCCC(=O)Oc1c2nc(SC)nc(C(=O)OCC)c2nn1C. The molecule has 206 valence electrons. The van der Waals surface area contributed by atoms with Gasteiger partial charge in [0.1, 0.15) is 5.52 Å². The molecule has 0 fully saturated rings. The van der Waals surface area contributed by atoms with Crippen LogP contribution < -0.4 is 4.74 Å². The van der Waals surface area contributed by atoms with Crippen molar-refractivity contribution >= 4 is 34.7 Å². The lowest BCUT2D eigenvalue weighted by atomic mass is 10.1. The van der Waals surface area contributed by atoms with Crippen molar-refractivity contribution in [1.82, 2.24) is 19.7 Å². The Morgan fingerprint density at radius 2 is 1.49 bits per heavy atom. The van der Waals surface area contributed by atoms with Gasteiger partial charge < -0.3 is 9.47 Å². The lowest BCUT2D eigenvalue weighted by Gasteiger charge is -2.06. The zero-order valence-electron chi connectivity index (χ0n) is 23.1. The lowest BCUT2D eigenvalue weighted by Crippen LogP contribution is -2.11. The highest BCUT2D eigenvalue weighted by molar-refractivity contribution is 7.98. The number of allylic oxidation sites excluding steroid dienone is 2. The Labute approximate surface area is 226 Å². The number of nitrogens with zero attached hydrogens (tertiary/aromatic N) is 4. The Morgan fingerprint density at radius 1 is 0.865 bits per heavy atom. The van der Waals surface area contributed by atoms with Crippen LogP contribution >= 0.6 is 11.8 Å². The molecule has 0 unspecified atom stereocenters. The zero-order valence-corrected chi connectivity index (χ0v) is 23.9. The van der Waals surface area contributed by atoms with Gasteiger partial charge in [0.15, 0.2) is 16.4 Å². The van der Waals surface area contributed by atoms with Crippen LogP contribution in [0.3, 0.4) is 0 Å². The fourth-order valence-corrected chi connectivity index (χ4v) is 4.44. The molecule has 0 aromatic carbocycles. The van der Waals surface area contributed by atoms with Gasteiger partial charge >= 0.3 is 11.9 Å². The van der Waals surface area contributed by atoms with Gasteiger partial charge in [-0.3, -0.25) is 4.79 Å². The average molecular weight is 533 g/mol. The second-order valence-corrected chi connectivity index (χ2v) is 9.99. The maximum Gasteiger partial charge on any atom is 0.359 e. The number of hydrogen-bond acceptors (Lipinski definition) is 8. The first-order valence-corrected chi connectivity index (χ1v) is 15.1. The third-order valence-electron chi connectivity index (χ3n) is 6.11. The minimum Gasteiger partial charge on any atom is -0.461 e. The van der Waals surface area contributed by atoms with E-state index in [4.69, 9.17) is 9.47 Å². The van der Waals surface area contributed by atoms with Crippen molar-refractivity contribution < 1.29 is 19.1 Å². The molecule has 0 saturated heterocycles. The van der Waals surface area contributed by atoms with E-state index in [2.05, 4.69) is 34.1 Å². The summed E-state index contributed by atoms with van der Waals surface area (Å²) >= 11 is 1.29. The maximum absolute atomic E-state index is 12.5. The molecular weight excluding hydrogens is 488 g/mol. The van der Waals surface area contributed by atoms with Gasteiger partial charge in [-0.25, -0.2) is 19.4 Å². The van der Waals surface area contributed by atoms with E-state index in [1.54, 1.807) is 14.0 Å². The standard InChI is InChI=1S/C28H44N4O4S/c1-5-7-8-9-10-11-12-13-14-15-16-17-18-19-20-21-22(33)36-26-24-23(31-32(26)3)25(27(34)35-6-2)30-28(29-24)37-4/h11-12H,5-10,13-21H2,1-4H3. The highest BCUT2D eigenvalue weighted by atomic mass is 32.2. The number of esters is 2. The van der Waals surface area contributed by atoms with E-state index in [0.717, 1.165) is 19.3 Å². The van der Waals surface area contributed by atoms with Crippen LogP contribution in [0.25, 0.3) is 11.0 Å². The largest absolute Gasteiger partial charge is 0.461 e. The molecule has 8 nitrogen and oxygen atoms in total. The molecule has 0 aliphatic rings. The number of carbonyl (C=O) groups is 2. The lowest BCUT2D eigenvalue weighted by molar-refractivity contribution is -0.134. The Balaban J connectivity index is 1.69. The molecule has 2 aromatic rings. The molecule has 2 heterocycles. The molecular formula is C28H44N4O4S. The molecule has 2 aromatic heterocycles. The van der Waals surface area contributed by atoms with Crippen LogP contribution in [0.1, 0.15) is 114 Å². The van der Waals surface area contributed by atoms with Crippen LogP contribution in [0.5, 0.6) is 5.88 Å².